The van der Waals surface area contributed by atoms with Gasteiger partial charge in [-0.05, 0) is 31.0 Å². The van der Waals surface area contributed by atoms with Gasteiger partial charge in [0, 0.05) is 39.4 Å². The smallest absolute Gasteiger partial charge is 0.253 e. The number of benzene rings is 1. The zero-order chi connectivity index (χ0) is 18.5. The second kappa shape index (κ2) is 12.3. The standard InChI is InChI=1S/C19H32N4O2/c1-5-7-13-25-14-12-21-19(20-6-2)22-15-16-8-10-17(11-9-16)18(24)23(3)4/h8-11H,5-7,12-15H2,1-4H3,(H2,20,21,22). The van der Waals surface area contributed by atoms with Gasteiger partial charge in [-0.25, -0.2) is 4.99 Å². The van der Waals surface area contributed by atoms with Gasteiger partial charge in [-0.15, -0.1) is 0 Å². The average molecular weight is 348 g/mol. The third kappa shape index (κ3) is 8.54. The summed E-state index contributed by atoms with van der Waals surface area (Å²) in [6.07, 6.45) is 2.25. The summed E-state index contributed by atoms with van der Waals surface area (Å²) in [6.45, 7) is 7.76. The van der Waals surface area contributed by atoms with Gasteiger partial charge >= 0.3 is 0 Å². The van der Waals surface area contributed by atoms with Gasteiger partial charge in [0.25, 0.3) is 5.91 Å². The predicted octanol–water partition coefficient (Wildman–Crippen LogP) is 2.26. The summed E-state index contributed by atoms with van der Waals surface area (Å²) in [6, 6.07) is 7.57. The van der Waals surface area contributed by atoms with Crippen LogP contribution in [0.2, 0.25) is 0 Å². The highest BCUT2D eigenvalue weighted by Crippen LogP contribution is 2.07. The molecule has 6 nitrogen and oxygen atoms in total. The van der Waals surface area contributed by atoms with E-state index in [1.165, 1.54) is 0 Å². The molecule has 1 aromatic carbocycles. The molecule has 25 heavy (non-hydrogen) atoms. The third-order valence-electron chi connectivity index (χ3n) is 3.55. The number of hydrogen-bond acceptors (Lipinski definition) is 3. The highest BCUT2D eigenvalue weighted by atomic mass is 16.5. The van der Waals surface area contributed by atoms with Gasteiger partial charge in [-0.1, -0.05) is 25.5 Å². The fourth-order valence-corrected chi connectivity index (χ4v) is 2.11. The van der Waals surface area contributed by atoms with Crippen molar-refractivity contribution in [3.05, 3.63) is 35.4 Å². The summed E-state index contributed by atoms with van der Waals surface area (Å²) < 4.78 is 5.54. The van der Waals surface area contributed by atoms with Crippen molar-refractivity contribution in [2.75, 3.05) is 40.4 Å². The highest BCUT2D eigenvalue weighted by molar-refractivity contribution is 5.93. The topological polar surface area (TPSA) is 66.0 Å². The first-order chi connectivity index (χ1) is 12.1. The van der Waals surface area contributed by atoms with Crippen LogP contribution in [0, 0.1) is 0 Å². The van der Waals surface area contributed by atoms with E-state index in [4.69, 9.17) is 4.74 Å². The van der Waals surface area contributed by atoms with Crippen molar-refractivity contribution in [1.82, 2.24) is 15.5 Å². The zero-order valence-corrected chi connectivity index (χ0v) is 16.0. The summed E-state index contributed by atoms with van der Waals surface area (Å²) >= 11 is 0. The van der Waals surface area contributed by atoms with Crippen LogP contribution >= 0.6 is 0 Å². The number of aliphatic imine (C=N–C) groups is 1. The summed E-state index contributed by atoms with van der Waals surface area (Å²) in [5.74, 6) is 0.781. The molecule has 0 atom stereocenters. The first-order valence-corrected chi connectivity index (χ1v) is 8.99. The molecule has 0 aliphatic carbocycles. The predicted molar refractivity (Wildman–Crippen MR) is 103 cm³/mol. The van der Waals surface area contributed by atoms with Crippen LogP contribution in [-0.4, -0.2) is 57.2 Å². The van der Waals surface area contributed by atoms with Crippen molar-refractivity contribution in [3.63, 3.8) is 0 Å². The van der Waals surface area contributed by atoms with E-state index in [-0.39, 0.29) is 5.91 Å². The largest absolute Gasteiger partial charge is 0.380 e. The molecule has 6 heteroatoms. The first-order valence-electron chi connectivity index (χ1n) is 8.99. The normalized spacial score (nSPS) is 11.3. The molecule has 0 bridgehead atoms. The quantitative estimate of drug-likeness (QED) is 0.387. The Hall–Kier alpha value is -2.08. The Bertz CT molecular complexity index is 527. The summed E-state index contributed by atoms with van der Waals surface area (Å²) in [5.41, 5.74) is 1.75. The van der Waals surface area contributed by atoms with Crippen LogP contribution in [0.5, 0.6) is 0 Å². The van der Waals surface area contributed by atoms with E-state index in [1.54, 1.807) is 19.0 Å². The first kappa shape index (κ1) is 21.0. The number of amides is 1. The summed E-state index contributed by atoms with van der Waals surface area (Å²) in [7, 11) is 3.50. The number of carbonyl (C=O) groups excluding carboxylic acids is 1. The van der Waals surface area contributed by atoms with Crippen LogP contribution in [0.3, 0.4) is 0 Å². The highest BCUT2D eigenvalue weighted by Gasteiger charge is 2.07. The lowest BCUT2D eigenvalue weighted by Gasteiger charge is -2.12. The van der Waals surface area contributed by atoms with Gasteiger partial charge in [0.2, 0.25) is 0 Å². The SMILES string of the molecule is CCCCOCCNC(=NCc1ccc(C(=O)N(C)C)cc1)NCC. The third-order valence-corrected chi connectivity index (χ3v) is 3.55. The minimum absolute atomic E-state index is 0.00753. The Morgan fingerprint density at radius 2 is 1.84 bits per heavy atom. The lowest BCUT2D eigenvalue weighted by molar-refractivity contribution is 0.0827. The van der Waals surface area contributed by atoms with Crippen molar-refractivity contribution in [2.45, 2.75) is 33.2 Å². The molecular formula is C19H32N4O2. The van der Waals surface area contributed by atoms with Crippen LogP contribution in [0.15, 0.2) is 29.3 Å². The Morgan fingerprint density at radius 3 is 2.44 bits per heavy atom. The molecule has 0 aromatic heterocycles. The zero-order valence-electron chi connectivity index (χ0n) is 16.0. The summed E-state index contributed by atoms with van der Waals surface area (Å²) in [5, 5.41) is 6.49. The Kier molecular flexibility index (Phi) is 10.3. The van der Waals surface area contributed by atoms with E-state index in [9.17, 15) is 4.79 Å². The molecule has 0 saturated heterocycles. The van der Waals surface area contributed by atoms with E-state index in [2.05, 4.69) is 22.5 Å². The van der Waals surface area contributed by atoms with Gasteiger partial charge in [0.15, 0.2) is 5.96 Å². The minimum Gasteiger partial charge on any atom is -0.380 e. The monoisotopic (exact) mass is 348 g/mol. The number of carbonyl (C=O) groups is 1. The Balaban J connectivity index is 2.49. The van der Waals surface area contributed by atoms with E-state index in [1.807, 2.05) is 31.2 Å². The van der Waals surface area contributed by atoms with Crippen LogP contribution in [-0.2, 0) is 11.3 Å². The molecule has 0 radical (unpaired) electrons. The number of nitrogens with zero attached hydrogens (tertiary/aromatic N) is 2. The molecule has 1 aromatic rings. The number of guanidine groups is 1. The Morgan fingerprint density at radius 1 is 1.12 bits per heavy atom. The number of ether oxygens (including phenoxy) is 1. The van der Waals surface area contributed by atoms with Crippen molar-refractivity contribution >= 4 is 11.9 Å². The second-order valence-electron chi connectivity index (χ2n) is 5.98. The van der Waals surface area contributed by atoms with Crippen LogP contribution < -0.4 is 10.6 Å². The van der Waals surface area contributed by atoms with E-state index in [0.29, 0.717) is 18.7 Å². The molecule has 0 unspecified atom stereocenters. The van der Waals surface area contributed by atoms with Crippen LogP contribution in [0.1, 0.15) is 42.6 Å². The number of rotatable bonds is 10. The van der Waals surface area contributed by atoms with E-state index in [0.717, 1.165) is 44.1 Å². The molecular weight excluding hydrogens is 316 g/mol. The molecule has 140 valence electrons. The van der Waals surface area contributed by atoms with Gasteiger partial charge < -0.3 is 20.3 Å². The summed E-state index contributed by atoms with van der Waals surface area (Å²) in [4.78, 5) is 18.0. The molecule has 0 spiro atoms. The lowest BCUT2D eigenvalue weighted by Crippen LogP contribution is -2.39. The molecule has 1 rings (SSSR count). The van der Waals surface area contributed by atoms with Crippen LogP contribution in [0.25, 0.3) is 0 Å². The average Bonchev–Trinajstić information content (AvgIpc) is 2.62. The van der Waals surface area contributed by atoms with E-state index < -0.39 is 0 Å². The van der Waals surface area contributed by atoms with Crippen molar-refractivity contribution in [2.24, 2.45) is 4.99 Å². The maximum atomic E-state index is 11.9. The van der Waals surface area contributed by atoms with Gasteiger partial charge in [0.1, 0.15) is 0 Å². The van der Waals surface area contributed by atoms with Crippen molar-refractivity contribution in [3.8, 4) is 0 Å². The number of unbranched alkanes of at least 4 members (excludes halogenated alkanes) is 1. The van der Waals surface area contributed by atoms with Gasteiger partial charge in [-0.2, -0.15) is 0 Å². The molecule has 2 N–H and O–H groups in total. The number of hydrogen-bond donors (Lipinski definition) is 2. The van der Waals surface area contributed by atoms with Gasteiger partial charge in [-0.3, -0.25) is 4.79 Å². The Labute approximate surface area is 151 Å². The molecule has 0 heterocycles. The number of nitrogens with one attached hydrogen (secondary N) is 2. The lowest BCUT2D eigenvalue weighted by atomic mass is 10.1. The second-order valence-corrected chi connectivity index (χ2v) is 5.98. The minimum atomic E-state index is 0.00753. The molecule has 0 aliphatic heterocycles. The molecule has 0 saturated carbocycles. The molecule has 0 aliphatic rings. The maximum Gasteiger partial charge on any atom is 0.253 e. The van der Waals surface area contributed by atoms with Crippen LogP contribution in [0.4, 0.5) is 0 Å². The van der Waals surface area contributed by atoms with E-state index >= 15 is 0 Å². The van der Waals surface area contributed by atoms with Crippen molar-refractivity contribution in [1.29, 1.82) is 0 Å². The van der Waals surface area contributed by atoms with Gasteiger partial charge in [0.05, 0.1) is 13.2 Å². The van der Waals surface area contributed by atoms with Crippen molar-refractivity contribution < 1.29 is 9.53 Å². The molecule has 0 fully saturated rings. The molecule has 1 amide bonds. The fourth-order valence-electron chi connectivity index (χ4n) is 2.11. The maximum absolute atomic E-state index is 11.9. The fraction of sp³-hybridized carbons (Fsp3) is 0.579.